The molecule has 4 aromatic carbocycles. The normalized spacial score (nSPS) is 12.8. The third-order valence-electron chi connectivity index (χ3n) is 10.3. The van der Waals surface area contributed by atoms with Gasteiger partial charge in [-0.2, -0.15) is 0 Å². The van der Waals surface area contributed by atoms with Gasteiger partial charge in [0.15, 0.2) is 16.4 Å². The first-order chi connectivity index (χ1) is 28.4. The average Bonchev–Trinajstić information content (AvgIpc) is 4.05. The Morgan fingerprint density at radius 2 is 1.47 bits per heavy atom. The van der Waals surface area contributed by atoms with Crippen LogP contribution in [0.5, 0.6) is 0 Å². The Hall–Kier alpha value is -6.63. The second kappa shape index (κ2) is 15.4. The molecule has 58 heavy (non-hydrogen) atoms. The number of hydrogen-bond donors (Lipinski definition) is 0. The highest BCUT2D eigenvalue weighted by Gasteiger charge is 2.41. The number of fused-ring (bicyclic) bond motifs is 1. The Morgan fingerprint density at radius 1 is 0.845 bits per heavy atom. The van der Waals surface area contributed by atoms with E-state index >= 15 is 0 Å². The topological polar surface area (TPSA) is 127 Å². The number of halogens is 2. The Morgan fingerprint density at radius 3 is 2.07 bits per heavy atom. The molecule has 0 atom stereocenters. The molecular weight excluding hydrogens is 820 g/mol. The maximum absolute atomic E-state index is 13.7. The van der Waals surface area contributed by atoms with Crippen LogP contribution in [0.2, 0.25) is 5.15 Å². The lowest BCUT2D eigenvalue weighted by Crippen LogP contribution is -2.39. The van der Waals surface area contributed by atoms with Crippen molar-refractivity contribution in [2.45, 2.75) is 31.8 Å². The van der Waals surface area contributed by atoms with Crippen LogP contribution in [-0.4, -0.2) is 41.7 Å². The highest BCUT2D eigenvalue weighted by molar-refractivity contribution is 9.10. The van der Waals surface area contributed by atoms with E-state index in [4.69, 9.17) is 40.9 Å². The van der Waals surface area contributed by atoms with Crippen molar-refractivity contribution >= 4 is 39.5 Å². The predicted molar refractivity (Wildman–Crippen MR) is 220 cm³/mol. The first-order valence-corrected chi connectivity index (χ1v) is 19.7. The number of carbonyl (C=O) groups excluding carboxylic acids is 2. The summed E-state index contributed by atoms with van der Waals surface area (Å²) in [5.74, 6) is -0.545. The van der Waals surface area contributed by atoms with Crippen molar-refractivity contribution in [1.29, 1.82) is 0 Å². The minimum atomic E-state index is -0.971. The smallest absolute Gasteiger partial charge is 0.366 e. The van der Waals surface area contributed by atoms with Gasteiger partial charge in [0.2, 0.25) is 5.82 Å². The second-order valence-electron chi connectivity index (χ2n) is 13.5. The van der Waals surface area contributed by atoms with Crippen LogP contribution >= 0.6 is 27.5 Å². The van der Waals surface area contributed by atoms with Crippen LogP contribution in [0.1, 0.15) is 51.9 Å². The summed E-state index contributed by atoms with van der Waals surface area (Å²) in [6, 6.07) is 40.3. The van der Waals surface area contributed by atoms with E-state index in [0.717, 1.165) is 54.5 Å². The van der Waals surface area contributed by atoms with E-state index in [9.17, 15) is 9.59 Å². The predicted octanol–water partition coefficient (Wildman–Crippen LogP) is 9.71. The van der Waals surface area contributed by atoms with Crippen molar-refractivity contribution < 1.29 is 23.5 Å². The summed E-state index contributed by atoms with van der Waals surface area (Å²) in [5, 5.41) is 14.8. The van der Waals surface area contributed by atoms with Gasteiger partial charge >= 0.3 is 11.9 Å². The fraction of sp³-hybridized carbons (Fsp3) is 0.111. The van der Waals surface area contributed by atoms with Gasteiger partial charge in [0.25, 0.3) is 5.95 Å². The molecule has 0 saturated carbocycles. The summed E-state index contributed by atoms with van der Waals surface area (Å²) in [7, 11) is 0. The lowest BCUT2D eigenvalue weighted by atomic mass is 9.77. The lowest BCUT2D eigenvalue weighted by Gasteiger charge is -2.34. The molecule has 2 aliphatic heterocycles. The molecule has 2 aromatic heterocycles. The number of benzene rings is 4. The van der Waals surface area contributed by atoms with E-state index in [1.807, 2.05) is 91.9 Å². The lowest BCUT2D eigenvalue weighted by molar-refractivity contribution is -0.139. The third kappa shape index (κ3) is 6.30. The Labute approximate surface area is 346 Å². The largest absolute Gasteiger partial charge is 0.472 e. The number of cyclic esters (lactones) is 1. The Balaban J connectivity index is 1.21. The first kappa shape index (κ1) is 37.0. The van der Waals surface area contributed by atoms with Crippen molar-refractivity contribution in [2.24, 2.45) is 0 Å². The summed E-state index contributed by atoms with van der Waals surface area (Å²) >= 11 is 10.6. The van der Waals surface area contributed by atoms with Crippen molar-refractivity contribution in [3.8, 4) is 33.6 Å². The molecule has 13 heteroatoms. The summed E-state index contributed by atoms with van der Waals surface area (Å²) in [4.78, 5) is 31.6. The van der Waals surface area contributed by atoms with Crippen LogP contribution in [0.25, 0.3) is 33.6 Å². The SMILES string of the molecule is CCc1nc(Cl)c(C(=O)OC2=CCC(=O)O2)n1Cc1c2ccocc-2c(Br)c1-c1ccccc1-c1nnn(C(c2ccccc2)(c2ccccc2)c2ccccc2)n1. The zero-order valence-corrected chi connectivity index (χ0v) is 33.2. The van der Waals surface area contributed by atoms with Gasteiger partial charge in [0, 0.05) is 33.7 Å². The van der Waals surface area contributed by atoms with Crippen LogP contribution in [-0.2, 0) is 32.8 Å². The van der Waals surface area contributed by atoms with E-state index in [1.54, 1.807) is 21.9 Å². The summed E-state index contributed by atoms with van der Waals surface area (Å²) < 4.78 is 18.7. The van der Waals surface area contributed by atoms with Crippen LogP contribution in [0.15, 0.2) is 155 Å². The molecule has 0 N–H and O–H groups in total. The van der Waals surface area contributed by atoms with Crippen molar-refractivity contribution in [3.63, 3.8) is 0 Å². The average molecular weight is 852 g/mol. The highest BCUT2D eigenvalue weighted by Crippen LogP contribution is 2.49. The first-order valence-electron chi connectivity index (χ1n) is 18.5. The van der Waals surface area contributed by atoms with Gasteiger partial charge in [0.1, 0.15) is 5.82 Å². The quantitative estimate of drug-likeness (QED) is 0.0924. The molecule has 6 aromatic rings. The zero-order chi connectivity index (χ0) is 39.8. The molecule has 11 nitrogen and oxygen atoms in total. The van der Waals surface area contributed by atoms with Crippen LogP contribution < -0.4 is 0 Å². The van der Waals surface area contributed by atoms with Gasteiger partial charge in [-0.05, 0) is 60.6 Å². The number of aromatic nitrogens is 6. The zero-order valence-electron chi connectivity index (χ0n) is 30.9. The minimum Gasteiger partial charge on any atom is -0.472 e. The molecule has 0 unspecified atom stereocenters. The van der Waals surface area contributed by atoms with Gasteiger partial charge < -0.3 is 18.5 Å². The number of tetrazole rings is 1. The molecule has 0 radical (unpaired) electrons. The molecule has 9 rings (SSSR count). The fourth-order valence-corrected chi connectivity index (χ4v) is 8.75. The number of hydrogen-bond acceptors (Lipinski definition) is 9. The van der Waals surface area contributed by atoms with E-state index in [2.05, 4.69) is 57.3 Å². The molecule has 0 bridgehead atoms. The molecule has 3 aliphatic rings. The summed E-state index contributed by atoms with van der Waals surface area (Å²) in [6.07, 6.45) is 5.16. The van der Waals surface area contributed by atoms with Crippen LogP contribution in [0.3, 0.4) is 0 Å². The van der Waals surface area contributed by atoms with E-state index in [1.165, 1.54) is 6.08 Å². The van der Waals surface area contributed by atoms with Gasteiger partial charge in [-0.25, -0.2) is 9.78 Å². The fourth-order valence-electron chi connectivity index (χ4n) is 7.72. The van der Waals surface area contributed by atoms with E-state index in [-0.39, 0.29) is 29.8 Å². The molecule has 1 aliphatic carbocycles. The number of rotatable bonds is 11. The van der Waals surface area contributed by atoms with Crippen LogP contribution in [0, 0.1) is 0 Å². The Bertz CT molecular complexity index is 2700. The molecule has 0 fully saturated rings. The van der Waals surface area contributed by atoms with Crippen molar-refractivity contribution in [3.05, 3.63) is 189 Å². The molecule has 0 spiro atoms. The van der Waals surface area contributed by atoms with Crippen LogP contribution in [0.4, 0.5) is 0 Å². The highest BCUT2D eigenvalue weighted by atomic mass is 79.9. The van der Waals surface area contributed by atoms with E-state index < -0.39 is 17.5 Å². The third-order valence-corrected chi connectivity index (χ3v) is 11.4. The summed E-state index contributed by atoms with van der Waals surface area (Å²) in [5.41, 5.74) is 6.81. The molecule has 4 heterocycles. The number of nitrogens with zero attached hydrogens (tertiary/aromatic N) is 6. The van der Waals surface area contributed by atoms with Crippen molar-refractivity contribution in [1.82, 2.24) is 29.8 Å². The molecular formula is C45H32BrClN6O5. The van der Waals surface area contributed by atoms with E-state index in [0.29, 0.717) is 18.1 Å². The number of aryl methyl sites for hydroxylation is 1. The standard InChI is InChI=1S/C45H32BrClN6O5/c1-2-36-48-42(47)41(44(55)58-38-23-22-37(54)57-38)52(36)26-34-31-24-25-56-27-35(31)40(46)39(34)32-20-12-13-21-33(32)43-49-51-53(50-43)45(28-14-6-3-7-15-28,29-16-8-4-9-17-29)30-18-10-5-11-19-30/h3-21,23-25,27H,2,22,26H2,1H3. The van der Waals surface area contributed by atoms with Gasteiger partial charge in [-0.3, -0.25) is 4.79 Å². The minimum absolute atomic E-state index is 0.00549. The Kier molecular flexibility index (Phi) is 9.80. The molecule has 0 saturated heterocycles. The maximum atomic E-state index is 13.7. The van der Waals surface area contributed by atoms with Gasteiger partial charge in [-0.15, -0.1) is 15.0 Å². The molecule has 286 valence electrons. The number of ether oxygens (including phenoxy) is 2. The maximum Gasteiger partial charge on any atom is 0.366 e. The number of esters is 2. The van der Waals surface area contributed by atoms with Gasteiger partial charge in [-0.1, -0.05) is 134 Å². The number of imidazole rings is 1. The summed E-state index contributed by atoms with van der Waals surface area (Å²) in [6.45, 7) is 2.09. The second-order valence-corrected chi connectivity index (χ2v) is 14.7. The molecule has 0 amide bonds. The number of carbonyl (C=O) groups is 2. The van der Waals surface area contributed by atoms with Gasteiger partial charge in [0.05, 0.1) is 25.5 Å². The van der Waals surface area contributed by atoms with Crippen molar-refractivity contribution in [2.75, 3.05) is 0 Å². The monoisotopic (exact) mass is 850 g/mol.